The van der Waals surface area contributed by atoms with Gasteiger partial charge in [0.25, 0.3) is 0 Å². The Bertz CT molecular complexity index is 806. The highest BCUT2D eigenvalue weighted by molar-refractivity contribution is 7.52. The van der Waals surface area contributed by atoms with Crippen molar-refractivity contribution in [3.63, 3.8) is 0 Å². The van der Waals surface area contributed by atoms with Gasteiger partial charge in [-0.25, -0.2) is 4.57 Å². The van der Waals surface area contributed by atoms with Gasteiger partial charge in [-0.3, -0.25) is 4.79 Å². The van der Waals surface area contributed by atoms with Crippen LogP contribution in [0, 0.1) is 12.8 Å². The molecule has 0 fully saturated rings. The first kappa shape index (κ1) is 23.0. The van der Waals surface area contributed by atoms with Crippen LogP contribution in [0.5, 0.6) is 11.5 Å². The highest BCUT2D eigenvalue weighted by atomic mass is 31.2. The second-order valence-corrected chi connectivity index (χ2v) is 8.59. The van der Waals surface area contributed by atoms with E-state index < -0.39 is 19.8 Å². The molecule has 1 N–H and O–H groups in total. The number of hydrogen-bond acceptors (Lipinski definition) is 5. The summed E-state index contributed by atoms with van der Waals surface area (Å²) in [4.78, 5) is 12.4. The molecule has 6 nitrogen and oxygen atoms in total. The Kier molecular flexibility index (Phi) is 8.74. The highest BCUT2D eigenvalue weighted by Crippen LogP contribution is 2.45. The third-order valence-electron chi connectivity index (χ3n) is 4.54. The van der Waals surface area contributed by atoms with Crippen LogP contribution in [-0.4, -0.2) is 18.6 Å². The van der Waals surface area contributed by atoms with Crippen molar-refractivity contribution >= 4 is 13.7 Å². The number of ether oxygens (including phenoxy) is 1. The van der Waals surface area contributed by atoms with Crippen LogP contribution in [-0.2, 0) is 14.1 Å². The molecule has 0 aliphatic rings. The maximum absolute atomic E-state index is 13.4. The van der Waals surface area contributed by atoms with Crippen molar-refractivity contribution in [1.29, 1.82) is 0 Å². The number of benzene rings is 2. The van der Waals surface area contributed by atoms with Crippen molar-refractivity contribution in [2.45, 2.75) is 46.6 Å². The molecule has 0 saturated carbocycles. The second kappa shape index (κ2) is 11.0. The van der Waals surface area contributed by atoms with E-state index in [0.29, 0.717) is 24.0 Å². The van der Waals surface area contributed by atoms with E-state index in [0.717, 1.165) is 18.4 Å². The summed E-state index contributed by atoms with van der Waals surface area (Å²) in [6.45, 7) is 7.97. The average molecular weight is 419 g/mol. The third kappa shape index (κ3) is 7.56. The van der Waals surface area contributed by atoms with Gasteiger partial charge in [0.1, 0.15) is 17.5 Å². The Morgan fingerprint density at radius 2 is 1.52 bits per heavy atom. The average Bonchev–Trinajstić information content (AvgIpc) is 2.70. The fraction of sp³-hybridized carbons (Fsp3) is 0.409. The highest BCUT2D eigenvalue weighted by Gasteiger charge is 2.34. The molecular weight excluding hydrogens is 389 g/mol. The standard InChI is InChI=1S/C22H30NO5P/c1-5-19(6-2)16-26-22(24)18(4)23-29(25,27-20-10-8-7-9-11-20)28-21-14-12-17(3)13-15-21/h7-15,18-19H,5-6,16H2,1-4H3,(H,23,25)/t18-,29+/m0/s1. The first-order valence-corrected chi connectivity index (χ1v) is 11.4. The Morgan fingerprint density at radius 3 is 2.07 bits per heavy atom. The van der Waals surface area contributed by atoms with Gasteiger partial charge >= 0.3 is 13.7 Å². The van der Waals surface area contributed by atoms with Crippen LogP contribution in [0.3, 0.4) is 0 Å². The van der Waals surface area contributed by atoms with E-state index >= 15 is 0 Å². The van der Waals surface area contributed by atoms with Gasteiger partial charge in [-0.15, -0.1) is 0 Å². The van der Waals surface area contributed by atoms with E-state index in [2.05, 4.69) is 18.9 Å². The minimum absolute atomic E-state index is 0.308. The minimum atomic E-state index is -3.90. The number of esters is 1. The lowest BCUT2D eigenvalue weighted by molar-refractivity contribution is -0.146. The van der Waals surface area contributed by atoms with Crippen LogP contribution < -0.4 is 14.1 Å². The van der Waals surface area contributed by atoms with Crippen molar-refractivity contribution < 1.29 is 23.1 Å². The Hall–Kier alpha value is -2.30. The van der Waals surface area contributed by atoms with Crippen molar-refractivity contribution in [3.8, 4) is 11.5 Å². The van der Waals surface area contributed by atoms with E-state index in [1.54, 1.807) is 43.3 Å². The molecule has 0 unspecified atom stereocenters. The van der Waals surface area contributed by atoms with Gasteiger partial charge < -0.3 is 13.8 Å². The van der Waals surface area contributed by atoms with E-state index in [1.165, 1.54) is 0 Å². The van der Waals surface area contributed by atoms with E-state index in [4.69, 9.17) is 13.8 Å². The summed E-state index contributed by atoms with van der Waals surface area (Å²) in [6.07, 6.45) is 1.86. The van der Waals surface area contributed by atoms with Gasteiger partial charge in [-0.2, -0.15) is 5.09 Å². The minimum Gasteiger partial charge on any atom is -0.464 e. The molecule has 2 aromatic rings. The molecule has 0 aromatic heterocycles. The molecule has 0 aliphatic heterocycles. The Morgan fingerprint density at radius 1 is 0.966 bits per heavy atom. The lowest BCUT2D eigenvalue weighted by Gasteiger charge is -2.23. The molecule has 0 amide bonds. The summed E-state index contributed by atoms with van der Waals surface area (Å²) in [7, 11) is -3.90. The molecule has 29 heavy (non-hydrogen) atoms. The van der Waals surface area contributed by atoms with Crippen LogP contribution in [0.25, 0.3) is 0 Å². The van der Waals surface area contributed by atoms with Gasteiger partial charge in [0.05, 0.1) is 6.61 Å². The smallest absolute Gasteiger partial charge is 0.464 e. The molecule has 0 spiro atoms. The molecule has 158 valence electrons. The van der Waals surface area contributed by atoms with Crippen LogP contribution in [0.2, 0.25) is 0 Å². The largest absolute Gasteiger partial charge is 0.513 e. The summed E-state index contributed by atoms with van der Waals surface area (Å²) >= 11 is 0. The zero-order valence-electron chi connectivity index (χ0n) is 17.5. The SMILES string of the molecule is CCC(CC)COC(=O)[C@H](C)N[P@@](=O)(Oc1ccccc1)Oc1ccc(C)cc1. The molecule has 0 heterocycles. The van der Waals surface area contributed by atoms with Gasteiger partial charge in [-0.1, -0.05) is 62.6 Å². The topological polar surface area (TPSA) is 73.9 Å². The van der Waals surface area contributed by atoms with Crippen LogP contribution in [0.4, 0.5) is 0 Å². The Labute approximate surface area is 173 Å². The predicted octanol–water partition coefficient (Wildman–Crippen LogP) is 5.52. The van der Waals surface area contributed by atoms with E-state index in [-0.39, 0.29) is 0 Å². The lowest BCUT2D eigenvalue weighted by Crippen LogP contribution is -2.36. The Balaban J connectivity index is 2.12. The van der Waals surface area contributed by atoms with E-state index in [1.807, 2.05) is 25.1 Å². The molecule has 2 rings (SSSR count). The molecule has 0 bridgehead atoms. The quantitative estimate of drug-likeness (QED) is 0.382. The first-order valence-electron chi connectivity index (χ1n) is 9.90. The molecule has 2 atom stereocenters. The molecule has 0 saturated heterocycles. The maximum Gasteiger partial charge on any atom is 0.513 e. The number of aryl methyl sites for hydroxylation is 1. The molecule has 7 heteroatoms. The van der Waals surface area contributed by atoms with Crippen molar-refractivity contribution in [1.82, 2.24) is 5.09 Å². The van der Waals surface area contributed by atoms with E-state index in [9.17, 15) is 9.36 Å². The zero-order valence-corrected chi connectivity index (χ0v) is 18.4. The summed E-state index contributed by atoms with van der Waals surface area (Å²) in [5.41, 5.74) is 1.04. The number of hydrogen-bond donors (Lipinski definition) is 1. The number of rotatable bonds is 11. The van der Waals surface area contributed by atoms with Crippen LogP contribution >= 0.6 is 7.75 Å². The first-order chi connectivity index (χ1) is 13.8. The van der Waals surface area contributed by atoms with Crippen LogP contribution in [0.15, 0.2) is 54.6 Å². The van der Waals surface area contributed by atoms with Gasteiger partial charge in [-0.05, 0) is 44.0 Å². The predicted molar refractivity (Wildman–Crippen MR) is 114 cm³/mol. The maximum atomic E-state index is 13.4. The summed E-state index contributed by atoms with van der Waals surface area (Å²) in [6, 6.07) is 14.9. The third-order valence-corrected chi connectivity index (χ3v) is 6.14. The molecular formula is C22H30NO5P. The second-order valence-electron chi connectivity index (χ2n) is 6.97. The van der Waals surface area contributed by atoms with Crippen LogP contribution in [0.1, 0.15) is 39.2 Å². The molecule has 0 radical (unpaired) electrons. The zero-order chi connectivity index (χ0) is 21.3. The molecule has 2 aromatic carbocycles. The normalized spacial score (nSPS) is 14.1. The van der Waals surface area contributed by atoms with Gasteiger partial charge in [0, 0.05) is 0 Å². The summed E-state index contributed by atoms with van der Waals surface area (Å²) in [5, 5.41) is 2.70. The fourth-order valence-corrected chi connectivity index (χ4v) is 4.09. The van der Waals surface area contributed by atoms with Gasteiger partial charge in [0.2, 0.25) is 0 Å². The number of carbonyl (C=O) groups is 1. The molecule has 0 aliphatic carbocycles. The summed E-state index contributed by atoms with van der Waals surface area (Å²) in [5.74, 6) is 0.552. The van der Waals surface area contributed by atoms with Gasteiger partial charge in [0.15, 0.2) is 0 Å². The number of nitrogens with one attached hydrogen (secondary N) is 1. The van der Waals surface area contributed by atoms with Crippen molar-refractivity contribution in [2.24, 2.45) is 5.92 Å². The number of para-hydroxylation sites is 1. The van der Waals surface area contributed by atoms with Crippen molar-refractivity contribution in [2.75, 3.05) is 6.61 Å². The summed E-state index contributed by atoms with van der Waals surface area (Å²) < 4.78 is 30.1. The fourth-order valence-electron chi connectivity index (χ4n) is 2.57. The van der Waals surface area contributed by atoms with Crippen molar-refractivity contribution in [3.05, 3.63) is 60.2 Å². The monoisotopic (exact) mass is 419 g/mol. The lowest BCUT2D eigenvalue weighted by atomic mass is 10.1. The number of carbonyl (C=O) groups excluding carboxylic acids is 1.